The van der Waals surface area contributed by atoms with Crippen LogP contribution in [0.25, 0.3) is 10.9 Å². The lowest BCUT2D eigenvalue weighted by Gasteiger charge is -2.44. The summed E-state index contributed by atoms with van der Waals surface area (Å²) in [5, 5.41) is 3.41. The zero-order chi connectivity index (χ0) is 24.6. The number of amides is 2. The largest absolute Gasteiger partial charge is 0.455 e. The Balaban J connectivity index is 1.27. The summed E-state index contributed by atoms with van der Waals surface area (Å²) in [4.78, 5) is 57.3. The number of benzene rings is 2. The number of fused-ring (bicyclic) bond motifs is 2. The van der Waals surface area contributed by atoms with Gasteiger partial charge in [-0.15, -0.1) is 0 Å². The van der Waals surface area contributed by atoms with Crippen molar-refractivity contribution in [1.29, 1.82) is 0 Å². The molecule has 1 aliphatic carbocycles. The number of carbonyl (C=O) groups is 3. The van der Waals surface area contributed by atoms with Crippen LogP contribution in [0.2, 0.25) is 0 Å². The molecule has 0 saturated heterocycles. The van der Waals surface area contributed by atoms with E-state index in [4.69, 9.17) is 4.74 Å². The van der Waals surface area contributed by atoms with Crippen LogP contribution in [0.15, 0.2) is 53.6 Å². The van der Waals surface area contributed by atoms with E-state index in [1.54, 1.807) is 30.3 Å². The number of nitrogens with zero attached hydrogens (tertiary/aromatic N) is 3. The van der Waals surface area contributed by atoms with Crippen LogP contribution in [-0.2, 0) is 25.7 Å². The van der Waals surface area contributed by atoms with E-state index in [0.29, 0.717) is 35.1 Å². The lowest BCUT2D eigenvalue weighted by Crippen LogP contribution is -2.61. The highest BCUT2D eigenvalue weighted by Gasteiger charge is 2.52. The van der Waals surface area contributed by atoms with Crippen molar-refractivity contribution >= 4 is 40.1 Å². The number of hydrogen-bond donors (Lipinski definition) is 1. The molecule has 2 aliphatic rings. The quantitative estimate of drug-likeness (QED) is 0.570. The maximum Gasteiger partial charge on any atom is 0.308 e. The highest BCUT2D eigenvalue weighted by Crippen LogP contribution is 2.45. The van der Waals surface area contributed by atoms with Gasteiger partial charge in [0.2, 0.25) is 0 Å². The van der Waals surface area contributed by atoms with Crippen molar-refractivity contribution in [2.45, 2.75) is 51.1 Å². The second-order valence-corrected chi connectivity index (χ2v) is 9.06. The number of nitrogens with one attached hydrogen (secondary N) is 1. The van der Waals surface area contributed by atoms with Crippen LogP contribution in [0, 0.1) is 6.92 Å². The summed E-state index contributed by atoms with van der Waals surface area (Å²) in [5.74, 6) is -1.25. The average molecular weight is 475 g/mol. The lowest BCUT2D eigenvalue weighted by atomic mass is 9.90. The standard InChI is InChI=1S/C26H26N4O5/c1-17-7-6-8-18-23(17)27-16-29(24(18)33)14-11-22(32)35-15-21(31)30-20-10-3-2-9-19(20)28-25(34)26(30)12-4-5-13-26/h2-3,6-10,16H,4-5,11-15H2,1H3,(H,28,34). The summed E-state index contributed by atoms with van der Waals surface area (Å²) in [7, 11) is 0. The van der Waals surface area contributed by atoms with Crippen LogP contribution >= 0.6 is 0 Å². The molecule has 1 aromatic heterocycles. The second-order valence-electron chi connectivity index (χ2n) is 9.06. The molecule has 0 atom stereocenters. The normalized spacial score (nSPS) is 16.3. The van der Waals surface area contributed by atoms with Gasteiger partial charge in [0.15, 0.2) is 6.61 Å². The molecule has 1 fully saturated rings. The molecule has 2 heterocycles. The zero-order valence-corrected chi connectivity index (χ0v) is 19.5. The van der Waals surface area contributed by atoms with Gasteiger partial charge in [-0.2, -0.15) is 0 Å². The molecule has 2 amide bonds. The Morgan fingerprint density at radius 2 is 1.86 bits per heavy atom. The maximum absolute atomic E-state index is 13.3. The first-order chi connectivity index (χ1) is 16.9. The molecule has 1 saturated carbocycles. The molecule has 0 unspecified atom stereocenters. The Morgan fingerprint density at radius 3 is 2.66 bits per heavy atom. The van der Waals surface area contributed by atoms with Gasteiger partial charge in [-0.25, -0.2) is 4.98 Å². The van der Waals surface area contributed by atoms with Gasteiger partial charge in [0, 0.05) is 6.54 Å². The molecule has 9 nitrogen and oxygen atoms in total. The van der Waals surface area contributed by atoms with E-state index >= 15 is 0 Å². The topological polar surface area (TPSA) is 111 Å². The third-order valence-corrected chi connectivity index (χ3v) is 6.89. The lowest BCUT2D eigenvalue weighted by molar-refractivity contribution is -0.148. The van der Waals surface area contributed by atoms with Crippen molar-refractivity contribution in [2.24, 2.45) is 0 Å². The molecule has 1 N–H and O–H groups in total. The molecule has 9 heteroatoms. The monoisotopic (exact) mass is 474 g/mol. The molecule has 1 aliphatic heterocycles. The van der Waals surface area contributed by atoms with Gasteiger partial charge >= 0.3 is 5.97 Å². The van der Waals surface area contributed by atoms with Crippen molar-refractivity contribution < 1.29 is 19.1 Å². The van der Waals surface area contributed by atoms with Crippen LogP contribution in [0.1, 0.15) is 37.7 Å². The second kappa shape index (κ2) is 8.98. The Kier molecular flexibility index (Phi) is 5.84. The number of aryl methyl sites for hydroxylation is 2. The summed E-state index contributed by atoms with van der Waals surface area (Å²) >= 11 is 0. The number of para-hydroxylation sites is 3. The predicted molar refractivity (Wildman–Crippen MR) is 130 cm³/mol. The Hall–Kier alpha value is -4.01. The van der Waals surface area contributed by atoms with Crippen LogP contribution in [0.3, 0.4) is 0 Å². The highest BCUT2D eigenvalue weighted by molar-refractivity contribution is 6.15. The summed E-state index contributed by atoms with van der Waals surface area (Å²) in [6.45, 7) is 1.49. The van der Waals surface area contributed by atoms with E-state index in [1.165, 1.54) is 15.8 Å². The number of esters is 1. The van der Waals surface area contributed by atoms with Crippen molar-refractivity contribution in [2.75, 3.05) is 16.8 Å². The summed E-state index contributed by atoms with van der Waals surface area (Å²) in [6.07, 6.45) is 4.13. The van der Waals surface area contributed by atoms with Crippen LogP contribution in [0.5, 0.6) is 0 Å². The summed E-state index contributed by atoms with van der Waals surface area (Å²) < 4.78 is 6.65. The van der Waals surface area contributed by atoms with Gasteiger partial charge in [0.05, 0.1) is 35.0 Å². The van der Waals surface area contributed by atoms with E-state index in [0.717, 1.165) is 18.4 Å². The molecule has 0 radical (unpaired) electrons. The average Bonchev–Trinajstić information content (AvgIpc) is 3.34. The zero-order valence-electron chi connectivity index (χ0n) is 19.5. The minimum Gasteiger partial charge on any atom is -0.455 e. The summed E-state index contributed by atoms with van der Waals surface area (Å²) in [6, 6.07) is 12.5. The Labute approximate surface area is 201 Å². The highest BCUT2D eigenvalue weighted by atomic mass is 16.5. The van der Waals surface area contributed by atoms with Crippen molar-refractivity contribution in [3.63, 3.8) is 0 Å². The number of hydrogen-bond acceptors (Lipinski definition) is 6. The van der Waals surface area contributed by atoms with Gasteiger partial charge in [0.1, 0.15) is 5.54 Å². The maximum atomic E-state index is 13.3. The number of anilines is 2. The number of rotatable bonds is 5. The first-order valence-electron chi connectivity index (χ1n) is 11.7. The first kappa shape index (κ1) is 22.8. The molecule has 35 heavy (non-hydrogen) atoms. The van der Waals surface area contributed by atoms with E-state index in [1.807, 2.05) is 19.1 Å². The van der Waals surface area contributed by atoms with Crippen molar-refractivity contribution in [1.82, 2.24) is 9.55 Å². The molecule has 5 rings (SSSR count). The predicted octanol–water partition coefficient (Wildman–Crippen LogP) is 2.94. The van der Waals surface area contributed by atoms with Crippen LogP contribution in [0.4, 0.5) is 11.4 Å². The Morgan fingerprint density at radius 1 is 1.09 bits per heavy atom. The van der Waals surface area contributed by atoms with Crippen molar-refractivity contribution in [3.8, 4) is 0 Å². The van der Waals surface area contributed by atoms with E-state index in [-0.39, 0.29) is 24.4 Å². The molecule has 180 valence electrons. The Bertz CT molecular complexity index is 1390. The fraction of sp³-hybridized carbons (Fsp3) is 0.346. The molecule has 3 aromatic rings. The van der Waals surface area contributed by atoms with E-state index < -0.39 is 24.0 Å². The minimum absolute atomic E-state index is 0.0850. The molecular weight excluding hydrogens is 448 g/mol. The smallest absolute Gasteiger partial charge is 0.308 e. The third-order valence-electron chi connectivity index (χ3n) is 6.89. The third kappa shape index (κ3) is 3.96. The number of ether oxygens (including phenoxy) is 1. The molecular formula is C26H26N4O5. The molecule has 0 bridgehead atoms. The van der Waals surface area contributed by atoms with E-state index in [2.05, 4.69) is 10.3 Å². The van der Waals surface area contributed by atoms with Crippen LogP contribution in [-0.4, -0.2) is 39.5 Å². The van der Waals surface area contributed by atoms with Gasteiger partial charge in [-0.1, -0.05) is 37.1 Å². The summed E-state index contributed by atoms with van der Waals surface area (Å²) in [5.41, 5.74) is 1.51. The molecule has 1 spiro atoms. The first-order valence-corrected chi connectivity index (χ1v) is 11.7. The van der Waals surface area contributed by atoms with E-state index in [9.17, 15) is 19.2 Å². The number of aromatic nitrogens is 2. The van der Waals surface area contributed by atoms with Gasteiger partial charge in [-0.05, 0) is 43.5 Å². The van der Waals surface area contributed by atoms with Gasteiger partial charge in [-0.3, -0.25) is 28.6 Å². The fourth-order valence-electron chi connectivity index (χ4n) is 5.12. The van der Waals surface area contributed by atoms with Crippen LogP contribution < -0.4 is 15.8 Å². The van der Waals surface area contributed by atoms with Gasteiger partial charge < -0.3 is 10.1 Å². The van der Waals surface area contributed by atoms with Gasteiger partial charge in [0.25, 0.3) is 17.4 Å². The minimum atomic E-state index is -0.958. The fourth-order valence-corrected chi connectivity index (χ4v) is 5.12. The SMILES string of the molecule is Cc1cccc2c(=O)n(CCC(=O)OCC(=O)N3c4ccccc4NC(=O)C34CCCC4)cnc12. The van der Waals surface area contributed by atoms with Crippen molar-refractivity contribution in [3.05, 3.63) is 64.7 Å². The number of carbonyl (C=O) groups excluding carboxylic acids is 3. The molecule has 2 aromatic carbocycles.